The lowest BCUT2D eigenvalue weighted by Gasteiger charge is -2.10. The van der Waals surface area contributed by atoms with Crippen molar-refractivity contribution in [1.82, 2.24) is 0 Å². The summed E-state index contributed by atoms with van der Waals surface area (Å²) in [7, 11) is 0. The first-order chi connectivity index (χ1) is 6.43. The normalized spacial score (nSPS) is 14.7. The van der Waals surface area contributed by atoms with Crippen molar-refractivity contribution in [3.05, 3.63) is 0 Å². The molecule has 0 bridgehead atoms. The number of carbonyl (C=O) groups is 2. The van der Waals surface area contributed by atoms with E-state index in [2.05, 4.69) is 0 Å². The maximum Gasteiger partial charge on any atom is 0.332 e. The molecule has 0 heterocycles. The zero-order valence-electron chi connectivity index (χ0n) is 7.59. The Labute approximate surface area is 80.8 Å². The monoisotopic (exact) mass is 206 g/mol. The van der Waals surface area contributed by atoms with Gasteiger partial charge in [0.05, 0.1) is 6.10 Å². The third kappa shape index (κ3) is 6.38. The molecule has 82 valence electrons. The molecule has 0 saturated carbocycles. The average Bonchev–Trinajstić information content (AvgIpc) is 2.10. The number of carboxylic acid groups (broad SMARTS) is 2. The van der Waals surface area contributed by atoms with E-state index in [0.717, 1.165) is 0 Å². The van der Waals surface area contributed by atoms with Gasteiger partial charge in [-0.3, -0.25) is 4.79 Å². The van der Waals surface area contributed by atoms with Crippen LogP contribution < -0.4 is 0 Å². The molecule has 0 aromatic carbocycles. The Morgan fingerprint density at radius 1 is 1.00 bits per heavy atom. The third-order valence-corrected chi connectivity index (χ3v) is 1.75. The minimum atomic E-state index is -1.49. The van der Waals surface area contributed by atoms with E-state index in [4.69, 9.17) is 20.4 Å². The van der Waals surface area contributed by atoms with Crippen molar-refractivity contribution in [2.75, 3.05) is 0 Å². The molecule has 0 fully saturated rings. The fourth-order valence-electron chi connectivity index (χ4n) is 0.908. The molecule has 0 aliphatic carbocycles. The second kappa shape index (κ2) is 6.33. The molecule has 0 spiro atoms. The number of rotatable bonds is 7. The number of hydrogen-bond acceptors (Lipinski definition) is 4. The van der Waals surface area contributed by atoms with Gasteiger partial charge in [0.25, 0.3) is 0 Å². The van der Waals surface area contributed by atoms with E-state index < -0.39 is 24.1 Å². The highest BCUT2D eigenvalue weighted by Gasteiger charge is 2.15. The van der Waals surface area contributed by atoms with E-state index in [1.165, 1.54) is 0 Å². The fourth-order valence-corrected chi connectivity index (χ4v) is 0.908. The van der Waals surface area contributed by atoms with Crippen LogP contribution >= 0.6 is 0 Å². The van der Waals surface area contributed by atoms with E-state index >= 15 is 0 Å². The first-order valence-corrected chi connectivity index (χ1v) is 4.24. The first kappa shape index (κ1) is 12.9. The van der Waals surface area contributed by atoms with Crippen LogP contribution in [0.25, 0.3) is 0 Å². The fraction of sp³-hybridized carbons (Fsp3) is 0.750. The van der Waals surface area contributed by atoms with Crippen molar-refractivity contribution >= 4 is 11.9 Å². The Morgan fingerprint density at radius 3 is 2.00 bits per heavy atom. The summed E-state index contributed by atoms with van der Waals surface area (Å²) in [6.45, 7) is 0. The Kier molecular flexibility index (Phi) is 5.82. The predicted molar refractivity (Wildman–Crippen MR) is 45.8 cm³/mol. The molecule has 0 aliphatic heterocycles. The van der Waals surface area contributed by atoms with Crippen molar-refractivity contribution < 1.29 is 30.0 Å². The molecule has 2 atom stereocenters. The number of carboxylic acids is 2. The minimum absolute atomic E-state index is 0.0711. The van der Waals surface area contributed by atoms with Gasteiger partial charge in [-0.15, -0.1) is 0 Å². The largest absolute Gasteiger partial charge is 0.481 e. The van der Waals surface area contributed by atoms with Crippen molar-refractivity contribution in [1.29, 1.82) is 0 Å². The molecule has 6 heteroatoms. The summed E-state index contributed by atoms with van der Waals surface area (Å²) in [5.74, 6) is -2.35. The molecule has 6 nitrogen and oxygen atoms in total. The maximum absolute atomic E-state index is 10.2. The lowest BCUT2D eigenvalue weighted by atomic mass is 10.1. The van der Waals surface area contributed by atoms with Crippen LogP contribution in [0.3, 0.4) is 0 Å². The molecule has 0 amide bonds. The third-order valence-electron chi connectivity index (χ3n) is 1.75. The molecule has 2 unspecified atom stereocenters. The van der Waals surface area contributed by atoms with Crippen LogP contribution in [-0.2, 0) is 9.59 Å². The van der Waals surface area contributed by atoms with Gasteiger partial charge in [0.2, 0.25) is 0 Å². The SMILES string of the molecule is O=C(O)CCC(O)CCC(O)C(=O)O. The molecule has 0 saturated heterocycles. The lowest BCUT2D eigenvalue weighted by Crippen LogP contribution is -2.21. The summed E-state index contributed by atoms with van der Waals surface area (Å²) >= 11 is 0. The van der Waals surface area contributed by atoms with Gasteiger partial charge in [0, 0.05) is 6.42 Å². The van der Waals surface area contributed by atoms with E-state index in [-0.39, 0.29) is 25.7 Å². The lowest BCUT2D eigenvalue weighted by molar-refractivity contribution is -0.147. The minimum Gasteiger partial charge on any atom is -0.481 e. The second-order valence-electron chi connectivity index (χ2n) is 3.02. The van der Waals surface area contributed by atoms with E-state index in [1.54, 1.807) is 0 Å². The first-order valence-electron chi connectivity index (χ1n) is 4.24. The van der Waals surface area contributed by atoms with Crippen molar-refractivity contribution in [2.45, 2.75) is 37.9 Å². The zero-order valence-corrected chi connectivity index (χ0v) is 7.59. The van der Waals surface area contributed by atoms with Gasteiger partial charge in [0.1, 0.15) is 0 Å². The molecule has 4 N–H and O–H groups in total. The van der Waals surface area contributed by atoms with Crippen LogP contribution in [0.15, 0.2) is 0 Å². The molecule has 14 heavy (non-hydrogen) atoms. The smallest absolute Gasteiger partial charge is 0.332 e. The molecule has 0 radical (unpaired) electrons. The number of aliphatic carboxylic acids is 2. The van der Waals surface area contributed by atoms with Gasteiger partial charge in [-0.1, -0.05) is 0 Å². The van der Waals surface area contributed by atoms with Gasteiger partial charge < -0.3 is 20.4 Å². The van der Waals surface area contributed by atoms with Crippen LogP contribution in [-0.4, -0.2) is 44.6 Å². The predicted octanol–water partition coefficient (Wildman–Crippen LogP) is -0.562. The van der Waals surface area contributed by atoms with Crippen molar-refractivity contribution in [3.8, 4) is 0 Å². The second-order valence-corrected chi connectivity index (χ2v) is 3.02. The van der Waals surface area contributed by atoms with Crippen molar-refractivity contribution in [3.63, 3.8) is 0 Å². The average molecular weight is 206 g/mol. The summed E-state index contributed by atoms with van der Waals surface area (Å²) in [6, 6.07) is 0. The molecule has 0 aromatic rings. The van der Waals surface area contributed by atoms with E-state index in [9.17, 15) is 9.59 Å². The molecular formula is C8H14O6. The quantitative estimate of drug-likeness (QED) is 0.443. The topological polar surface area (TPSA) is 115 Å². The van der Waals surface area contributed by atoms with Gasteiger partial charge in [0.15, 0.2) is 6.10 Å². The summed E-state index contributed by atoms with van der Waals surface area (Å²) in [5, 5.41) is 34.5. The molecule has 0 rings (SSSR count). The highest BCUT2D eigenvalue weighted by Crippen LogP contribution is 2.07. The molecule has 0 aromatic heterocycles. The highest BCUT2D eigenvalue weighted by molar-refractivity contribution is 5.71. The number of hydrogen-bond donors (Lipinski definition) is 4. The van der Waals surface area contributed by atoms with Gasteiger partial charge in [-0.05, 0) is 19.3 Å². The Hall–Kier alpha value is -1.14. The van der Waals surface area contributed by atoms with E-state index in [1.807, 2.05) is 0 Å². The summed E-state index contributed by atoms with van der Waals surface area (Å²) in [5.41, 5.74) is 0. The Morgan fingerprint density at radius 2 is 1.57 bits per heavy atom. The molecule has 0 aliphatic rings. The summed E-state index contributed by atoms with van der Waals surface area (Å²) < 4.78 is 0. The maximum atomic E-state index is 10.2. The number of aliphatic hydroxyl groups is 2. The van der Waals surface area contributed by atoms with Crippen molar-refractivity contribution in [2.24, 2.45) is 0 Å². The zero-order chi connectivity index (χ0) is 11.1. The molecular weight excluding hydrogens is 192 g/mol. The van der Waals surface area contributed by atoms with Crippen LogP contribution in [0.5, 0.6) is 0 Å². The van der Waals surface area contributed by atoms with Crippen LogP contribution in [0, 0.1) is 0 Å². The van der Waals surface area contributed by atoms with Crippen LogP contribution in [0.1, 0.15) is 25.7 Å². The van der Waals surface area contributed by atoms with Gasteiger partial charge in [-0.2, -0.15) is 0 Å². The summed E-state index contributed by atoms with van der Waals surface area (Å²) in [4.78, 5) is 20.2. The van der Waals surface area contributed by atoms with Gasteiger partial charge in [-0.25, -0.2) is 4.79 Å². The number of aliphatic hydroxyl groups excluding tert-OH is 2. The van der Waals surface area contributed by atoms with Crippen LogP contribution in [0.2, 0.25) is 0 Å². The van der Waals surface area contributed by atoms with E-state index in [0.29, 0.717) is 0 Å². The standard InChI is InChI=1S/C8H14O6/c9-5(2-4-7(11)12)1-3-6(10)8(13)14/h5-6,9-10H,1-4H2,(H,11,12)(H,13,14). The van der Waals surface area contributed by atoms with Gasteiger partial charge >= 0.3 is 11.9 Å². The highest BCUT2D eigenvalue weighted by atomic mass is 16.4. The Bertz CT molecular complexity index is 202. The Balaban J connectivity index is 3.58. The van der Waals surface area contributed by atoms with Crippen LogP contribution in [0.4, 0.5) is 0 Å². The summed E-state index contributed by atoms with van der Waals surface area (Å²) in [6.07, 6.45) is -2.45.